The van der Waals surface area contributed by atoms with Gasteiger partial charge in [-0.05, 0) is 35.0 Å². The average Bonchev–Trinajstić information content (AvgIpc) is 2.92. The normalized spacial score (nSPS) is 12.1. The number of nitrogens with one attached hydrogen (secondary N) is 1. The standard InChI is InChI=1S/C15H17N3O2S/c1-18(9-11-7-8-21-10-11)13(14(19)17-15(16)20)12-5-3-2-4-6-12/h2-8,10,13H,9H2,1H3,(H3,16,17,19,20)/t13-/m0/s1. The molecule has 0 spiro atoms. The summed E-state index contributed by atoms with van der Waals surface area (Å²) >= 11 is 1.61. The largest absolute Gasteiger partial charge is 0.351 e. The van der Waals surface area contributed by atoms with Gasteiger partial charge in [0.05, 0.1) is 0 Å². The van der Waals surface area contributed by atoms with E-state index in [1.807, 2.05) is 59.1 Å². The van der Waals surface area contributed by atoms with E-state index in [1.54, 1.807) is 11.3 Å². The van der Waals surface area contributed by atoms with E-state index >= 15 is 0 Å². The van der Waals surface area contributed by atoms with Crippen LogP contribution in [0.3, 0.4) is 0 Å². The van der Waals surface area contributed by atoms with Gasteiger partial charge in [-0.1, -0.05) is 30.3 Å². The summed E-state index contributed by atoms with van der Waals surface area (Å²) in [7, 11) is 1.84. The van der Waals surface area contributed by atoms with Crippen LogP contribution in [0.2, 0.25) is 0 Å². The lowest BCUT2D eigenvalue weighted by Gasteiger charge is -2.26. The number of thiophene rings is 1. The summed E-state index contributed by atoms with van der Waals surface area (Å²) in [5, 5.41) is 6.19. The summed E-state index contributed by atoms with van der Waals surface area (Å²) in [4.78, 5) is 25.1. The molecule has 0 fully saturated rings. The molecule has 0 aliphatic rings. The van der Waals surface area contributed by atoms with Crippen LogP contribution in [-0.2, 0) is 11.3 Å². The van der Waals surface area contributed by atoms with Gasteiger partial charge in [0, 0.05) is 6.54 Å². The van der Waals surface area contributed by atoms with E-state index in [0.717, 1.165) is 11.1 Å². The van der Waals surface area contributed by atoms with Crippen LogP contribution >= 0.6 is 11.3 Å². The molecule has 0 saturated heterocycles. The fourth-order valence-corrected chi connectivity index (χ4v) is 2.85. The number of urea groups is 1. The minimum Gasteiger partial charge on any atom is -0.351 e. The molecule has 3 N–H and O–H groups in total. The SMILES string of the molecule is CN(Cc1ccsc1)[C@H](C(=O)NC(N)=O)c1ccccc1. The van der Waals surface area contributed by atoms with Crippen LogP contribution in [-0.4, -0.2) is 23.9 Å². The first kappa shape index (κ1) is 15.2. The van der Waals surface area contributed by atoms with Crippen LogP contribution in [0, 0.1) is 0 Å². The number of hydrogen-bond donors (Lipinski definition) is 2. The number of carbonyl (C=O) groups is 2. The van der Waals surface area contributed by atoms with Crippen LogP contribution < -0.4 is 11.1 Å². The Labute approximate surface area is 127 Å². The zero-order valence-corrected chi connectivity index (χ0v) is 12.5. The van der Waals surface area contributed by atoms with Crippen LogP contribution in [0.5, 0.6) is 0 Å². The summed E-state index contributed by atoms with van der Waals surface area (Å²) in [5.41, 5.74) is 6.99. The molecule has 0 aliphatic carbocycles. The van der Waals surface area contributed by atoms with Crippen LogP contribution in [0.15, 0.2) is 47.2 Å². The number of imide groups is 1. The van der Waals surface area contributed by atoms with Crippen molar-refractivity contribution in [1.82, 2.24) is 10.2 Å². The molecule has 3 amide bonds. The topological polar surface area (TPSA) is 75.4 Å². The molecule has 2 aromatic rings. The molecule has 6 heteroatoms. The molecule has 1 aromatic carbocycles. The van der Waals surface area contributed by atoms with Crippen molar-refractivity contribution in [2.24, 2.45) is 5.73 Å². The number of hydrogen-bond acceptors (Lipinski definition) is 4. The summed E-state index contributed by atoms with van der Waals surface area (Å²) < 4.78 is 0. The highest BCUT2D eigenvalue weighted by atomic mass is 32.1. The Morgan fingerprint density at radius 1 is 1.29 bits per heavy atom. The number of likely N-dealkylation sites (N-methyl/N-ethyl adjacent to an activating group) is 1. The number of carbonyl (C=O) groups excluding carboxylic acids is 2. The van der Waals surface area contributed by atoms with Crippen LogP contribution in [0.4, 0.5) is 4.79 Å². The van der Waals surface area contributed by atoms with E-state index in [4.69, 9.17) is 5.73 Å². The Balaban J connectivity index is 2.22. The van der Waals surface area contributed by atoms with Gasteiger partial charge in [-0.3, -0.25) is 15.0 Å². The first-order valence-corrected chi connectivity index (χ1v) is 7.39. The maximum Gasteiger partial charge on any atom is 0.318 e. The average molecular weight is 303 g/mol. The number of amides is 3. The van der Waals surface area contributed by atoms with Crippen molar-refractivity contribution in [3.05, 3.63) is 58.3 Å². The third-order valence-corrected chi connectivity index (χ3v) is 3.79. The minimum atomic E-state index is -0.843. The van der Waals surface area contributed by atoms with Crippen molar-refractivity contribution < 1.29 is 9.59 Å². The molecule has 2 rings (SSSR count). The maximum absolute atomic E-state index is 12.3. The number of nitrogens with zero attached hydrogens (tertiary/aromatic N) is 1. The van der Waals surface area contributed by atoms with E-state index in [0.29, 0.717) is 6.54 Å². The molecule has 110 valence electrons. The number of rotatable bonds is 5. The van der Waals surface area contributed by atoms with Crippen molar-refractivity contribution in [1.29, 1.82) is 0 Å². The summed E-state index contributed by atoms with van der Waals surface area (Å²) in [6, 6.07) is 9.91. The van der Waals surface area contributed by atoms with Gasteiger partial charge in [0.2, 0.25) is 5.91 Å². The third kappa shape index (κ3) is 4.14. The van der Waals surface area contributed by atoms with Gasteiger partial charge in [-0.15, -0.1) is 0 Å². The molecule has 0 saturated carbocycles. The van der Waals surface area contributed by atoms with E-state index in [1.165, 1.54) is 0 Å². The van der Waals surface area contributed by atoms with Crippen molar-refractivity contribution >= 4 is 23.3 Å². The molecule has 0 aliphatic heterocycles. The molecule has 5 nitrogen and oxygen atoms in total. The fourth-order valence-electron chi connectivity index (χ4n) is 2.19. The Morgan fingerprint density at radius 2 is 2.00 bits per heavy atom. The zero-order chi connectivity index (χ0) is 15.2. The Bertz CT molecular complexity index is 599. The molecule has 1 aromatic heterocycles. The third-order valence-electron chi connectivity index (χ3n) is 3.06. The Kier molecular flexibility index (Phi) is 5.08. The molecular formula is C15H17N3O2S. The number of primary amides is 1. The summed E-state index contributed by atoms with van der Waals surface area (Å²) in [5.74, 6) is -0.425. The highest BCUT2D eigenvalue weighted by molar-refractivity contribution is 7.07. The lowest BCUT2D eigenvalue weighted by Crippen LogP contribution is -2.43. The number of benzene rings is 1. The molecule has 1 heterocycles. The molecule has 21 heavy (non-hydrogen) atoms. The molecule has 0 bridgehead atoms. The second-order valence-electron chi connectivity index (χ2n) is 4.71. The van der Waals surface area contributed by atoms with Gasteiger partial charge in [0.1, 0.15) is 6.04 Å². The minimum absolute atomic E-state index is 0.425. The van der Waals surface area contributed by atoms with Gasteiger partial charge >= 0.3 is 6.03 Å². The van der Waals surface area contributed by atoms with Crippen LogP contribution in [0.1, 0.15) is 17.2 Å². The highest BCUT2D eigenvalue weighted by Gasteiger charge is 2.26. The lowest BCUT2D eigenvalue weighted by atomic mass is 10.0. The van der Waals surface area contributed by atoms with E-state index < -0.39 is 18.0 Å². The smallest absolute Gasteiger partial charge is 0.318 e. The first-order valence-electron chi connectivity index (χ1n) is 6.44. The van der Waals surface area contributed by atoms with E-state index in [-0.39, 0.29) is 0 Å². The molecule has 0 unspecified atom stereocenters. The van der Waals surface area contributed by atoms with E-state index in [2.05, 4.69) is 5.32 Å². The Morgan fingerprint density at radius 3 is 2.57 bits per heavy atom. The predicted molar refractivity (Wildman–Crippen MR) is 82.7 cm³/mol. The van der Waals surface area contributed by atoms with Crippen molar-refractivity contribution in [2.75, 3.05) is 7.05 Å². The first-order chi connectivity index (χ1) is 10.1. The lowest BCUT2D eigenvalue weighted by molar-refractivity contribution is -0.125. The molecule has 0 radical (unpaired) electrons. The van der Waals surface area contributed by atoms with Gasteiger partial charge < -0.3 is 5.73 Å². The van der Waals surface area contributed by atoms with E-state index in [9.17, 15) is 9.59 Å². The van der Waals surface area contributed by atoms with Gasteiger partial charge in [-0.25, -0.2) is 4.79 Å². The quantitative estimate of drug-likeness (QED) is 0.888. The second kappa shape index (κ2) is 7.01. The van der Waals surface area contributed by atoms with Crippen molar-refractivity contribution in [2.45, 2.75) is 12.6 Å². The van der Waals surface area contributed by atoms with Crippen LogP contribution in [0.25, 0.3) is 0 Å². The summed E-state index contributed by atoms with van der Waals surface area (Å²) in [6.07, 6.45) is 0. The maximum atomic E-state index is 12.3. The zero-order valence-electron chi connectivity index (χ0n) is 11.7. The highest BCUT2D eigenvalue weighted by Crippen LogP contribution is 2.22. The Hall–Kier alpha value is -2.18. The molecule has 1 atom stereocenters. The summed E-state index contributed by atoms with van der Waals surface area (Å²) in [6.45, 7) is 0.606. The monoisotopic (exact) mass is 303 g/mol. The van der Waals surface area contributed by atoms with Crippen molar-refractivity contribution in [3.63, 3.8) is 0 Å². The fraction of sp³-hybridized carbons (Fsp3) is 0.200. The van der Waals surface area contributed by atoms with Gasteiger partial charge in [-0.2, -0.15) is 11.3 Å². The predicted octanol–water partition coefficient (Wildman–Crippen LogP) is 2.12. The van der Waals surface area contributed by atoms with Gasteiger partial charge in [0.25, 0.3) is 0 Å². The van der Waals surface area contributed by atoms with Crippen molar-refractivity contribution in [3.8, 4) is 0 Å². The van der Waals surface area contributed by atoms with Gasteiger partial charge in [0.15, 0.2) is 0 Å². The number of nitrogens with two attached hydrogens (primary N) is 1. The second-order valence-corrected chi connectivity index (χ2v) is 5.49. The molecular weight excluding hydrogens is 286 g/mol.